The molecule has 1 aliphatic rings. The summed E-state index contributed by atoms with van der Waals surface area (Å²) in [6.07, 6.45) is 8.91. The van der Waals surface area contributed by atoms with Crippen molar-refractivity contribution in [3.8, 4) is 6.07 Å². The Morgan fingerprint density at radius 2 is 2.11 bits per heavy atom. The maximum absolute atomic E-state index is 8.73. The third kappa shape index (κ3) is 3.06. The van der Waals surface area contributed by atoms with Gasteiger partial charge >= 0.3 is 0 Å². The van der Waals surface area contributed by atoms with Crippen LogP contribution in [-0.4, -0.2) is 20.2 Å². The number of nitriles is 1. The van der Waals surface area contributed by atoms with Gasteiger partial charge in [0.2, 0.25) is 0 Å². The smallest absolute Gasteiger partial charge is 0.155 e. The molecule has 1 saturated carbocycles. The maximum Gasteiger partial charge on any atom is 0.155 e. The lowest BCUT2D eigenvalue weighted by molar-refractivity contribution is 0.294. The summed E-state index contributed by atoms with van der Waals surface area (Å²) in [5, 5.41) is 20.4. The minimum atomic E-state index is 0.262. The van der Waals surface area contributed by atoms with E-state index < -0.39 is 0 Å². The Morgan fingerprint density at radius 3 is 2.78 bits per heavy atom. The third-order valence-electron chi connectivity index (χ3n) is 3.96. The lowest BCUT2D eigenvalue weighted by Gasteiger charge is -2.27. The lowest BCUT2D eigenvalue weighted by Crippen LogP contribution is -2.17. The second kappa shape index (κ2) is 6.48. The van der Waals surface area contributed by atoms with Crippen LogP contribution in [0.3, 0.4) is 0 Å². The molecule has 1 aromatic rings. The molecule has 5 heteroatoms. The molecule has 5 nitrogen and oxygen atoms in total. The van der Waals surface area contributed by atoms with Crippen LogP contribution < -0.4 is 0 Å². The van der Waals surface area contributed by atoms with Crippen LogP contribution in [0.5, 0.6) is 0 Å². The van der Waals surface area contributed by atoms with Crippen LogP contribution in [0, 0.1) is 17.2 Å². The Kier molecular flexibility index (Phi) is 4.68. The molecule has 1 fully saturated rings. The zero-order valence-electron chi connectivity index (χ0n) is 11.0. The van der Waals surface area contributed by atoms with Crippen LogP contribution in [-0.2, 0) is 6.54 Å². The summed E-state index contributed by atoms with van der Waals surface area (Å²) in [6, 6.07) is 2.11. The number of aromatic nitrogens is 4. The van der Waals surface area contributed by atoms with Crippen molar-refractivity contribution < 1.29 is 0 Å². The van der Waals surface area contributed by atoms with Crippen LogP contribution in [0.15, 0.2) is 0 Å². The van der Waals surface area contributed by atoms with Gasteiger partial charge in [0, 0.05) is 5.92 Å². The standard InChI is InChI=1S/C13H21N5/c1-2-3-4-11-5-7-12(8-6-11)13-15-16-17-18(13)10-9-14/h11-12H,2-8,10H2,1H3. The molecule has 0 amide bonds. The Balaban J connectivity index is 1.89. The summed E-state index contributed by atoms with van der Waals surface area (Å²) in [5.41, 5.74) is 0. The molecule has 0 aromatic carbocycles. The predicted octanol–water partition coefficient (Wildman–Crippen LogP) is 2.66. The fourth-order valence-corrected chi connectivity index (χ4v) is 2.89. The fraction of sp³-hybridized carbons (Fsp3) is 0.846. The summed E-state index contributed by atoms with van der Waals surface area (Å²) in [5.74, 6) is 2.25. The Morgan fingerprint density at radius 1 is 1.33 bits per heavy atom. The highest BCUT2D eigenvalue weighted by atomic mass is 15.5. The van der Waals surface area contributed by atoms with E-state index in [0.717, 1.165) is 11.7 Å². The van der Waals surface area contributed by atoms with Crippen molar-refractivity contribution in [1.82, 2.24) is 20.2 Å². The van der Waals surface area contributed by atoms with Crippen molar-refractivity contribution in [2.75, 3.05) is 0 Å². The first-order valence-electron chi connectivity index (χ1n) is 6.98. The number of unbranched alkanes of at least 4 members (excludes halogenated alkanes) is 1. The van der Waals surface area contributed by atoms with Gasteiger partial charge in [-0.25, -0.2) is 4.68 Å². The first-order valence-corrected chi connectivity index (χ1v) is 6.98. The summed E-state index contributed by atoms with van der Waals surface area (Å²) in [7, 11) is 0. The Hall–Kier alpha value is -1.44. The van der Waals surface area contributed by atoms with Crippen molar-refractivity contribution in [3.63, 3.8) is 0 Å². The maximum atomic E-state index is 8.73. The van der Waals surface area contributed by atoms with Gasteiger partial charge in [-0.3, -0.25) is 0 Å². The number of nitrogens with zero attached hydrogens (tertiary/aromatic N) is 5. The molecule has 0 N–H and O–H groups in total. The van der Waals surface area contributed by atoms with Crippen LogP contribution >= 0.6 is 0 Å². The van der Waals surface area contributed by atoms with E-state index in [-0.39, 0.29) is 6.54 Å². The van der Waals surface area contributed by atoms with E-state index in [1.165, 1.54) is 44.9 Å². The van der Waals surface area contributed by atoms with Crippen LogP contribution in [0.2, 0.25) is 0 Å². The first-order chi connectivity index (χ1) is 8.85. The van der Waals surface area contributed by atoms with E-state index in [2.05, 4.69) is 28.5 Å². The van der Waals surface area contributed by atoms with Crippen molar-refractivity contribution >= 4 is 0 Å². The van der Waals surface area contributed by atoms with Crippen molar-refractivity contribution in [1.29, 1.82) is 5.26 Å². The lowest BCUT2D eigenvalue weighted by atomic mass is 9.79. The van der Waals surface area contributed by atoms with E-state index in [4.69, 9.17) is 5.26 Å². The third-order valence-corrected chi connectivity index (χ3v) is 3.96. The number of hydrogen-bond donors (Lipinski definition) is 0. The Bertz CT molecular complexity index is 398. The highest BCUT2D eigenvalue weighted by Crippen LogP contribution is 2.36. The average Bonchev–Trinajstić information content (AvgIpc) is 2.86. The van der Waals surface area contributed by atoms with Gasteiger partial charge in [0.1, 0.15) is 6.54 Å². The topological polar surface area (TPSA) is 67.4 Å². The van der Waals surface area contributed by atoms with Gasteiger partial charge in [-0.15, -0.1) is 5.10 Å². The van der Waals surface area contributed by atoms with Gasteiger partial charge in [0.15, 0.2) is 5.82 Å². The summed E-state index contributed by atoms with van der Waals surface area (Å²) >= 11 is 0. The van der Waals surface area contributed by atoms with Crippen LogP contribution in [0.4, 0.5) is 0 Å². The summed E-state index contributed by atoms with van der Waals surface area (Å²) in [6.45, 7) is 2.51. The molecule has 0 unspecified atom stereocenters. The first kappa shape index (κ1) is 13.0. The average molecular weight is 247 g/mol. The molecule has 2 rings (SSSR count). The predicted molar refractivity (Wildman–Crippen MR) is 67.7 cm³/mol. The molecule has 1 aromatic heterocycles. The minimum absolute atomic E-state index is 0.262. The number of rotatable bonds is 5. The zero-order chi connectivity index (χ0) is 12.8. The van der Waals surface area contributed by atoms with Gasteiger partial charge in [0.25, 0.3) is 0 Å². The molecule has 1 heterocycles. The fourth-order valence-electron chi connectivity index (χ4n) is 2.89. The van der Waals surface area contributed by atoms with E-state index in [1.54, 1.807) is 4.68 Å². The molecule has 0 saturated heterocycles. The van der Waals surface area contributed by atoms with Gasteiger partial charge in [0.05, 0.1) is 6.07 Å². The molecule has 1 aliphatic carbocycles. The molecule has 0 spiro atoms. The SMILES string of the molecule is CCCCC1CCC(c2nnnn2CC#N)CC1. The van der Waals surface area contributed by atoms with Crippen LogP contribution in [0.1, 0.15) is 63.6 Å². The molecular formula is C13H21N5. The molecule has 0 aliphatic heterocycles. The zero-order valence-corrected chi connectivity index (χ0v) is 11.0. The largest absolute Gasteiger partial charge is 0.215 e. The molecule has 98 valence electrons. The van der Waals surface area contributed by atoms with E-state index in [1.807, 2.05) is 0 Å². The summed E-state index contributed by atoms with van der Waals surface area (Å²) < 4.78 is 1.65. The van der Waals surface area contributed by atoms with Gasteiger partial charge in [-0.2, -0.15) is 5.26 Å². The molecule has 18 heavy (non-hydrogen) atoms. The normalized spacial score (nSPS) is 23.8. The molecular weight excluding hydrogens is 226 g/mol. The molecule has 0 atom stereocenters. The van der Waals surface area contributed by atoms with Gasteiger partial charge in [-0.05, 0) is 42.0 Å². The van der Waals surface area contributed by atoms with Crippen LogP contribution in [0.25, 0.3) is 0 Å². The van der Waals surface area contributed by atoms with Gasteiger partial charge in [-0.1, -0.05) is 26.2 Å². The van der Waals surface area contributed by atoms with E-state index >= 15 is 0 Å². The van der Waals surface area contributed by atoms with Crippen molar-refractivity contribution in [2.45, 2.75) is 64.3 Å². The second-order valence-corrected chi connectivity index (χ2v) is 5.21. The van der Waals surface area contributed by atoms with Crippen molar-refractivity contribution in [3.05, 3.63) is 5.82 Å². The summed E-state index contributed by atoms with van der Waals surface area (Å²) in [4.78, 5) is 0. The molecule has 0 radical (unpaired) electrons. The van der Waals surface area contributed by atoms with Crippen molar-refractivity contribution in [2.24, 2.45) is 5.92 Å². The highest BCUT2D eigenvalue weighted by Gasteiger charge is 2.25. The van der Waals surface area contributed by atoms with Gasteiger partial charge < -0.3 is 0 Å². The number of tetrazole rings is 1. The van der Waals surface area contributed by atoms with E-state index in [0.29, 0.717) is 5.92 Å². The minimum Gasteiger partial charge on any atom is -0.215 e. The molecule has 0 bridgehead atoms. The second-order valence-electron chi connectivity index (χ2n) is 5.21. The Labute approximate surface area is 108 Å². The monoisotopic (exact) mass is 247 g/mol. The number of hydrogen-bond acceptors (Lipinski definition) is 4. The highest BCUT2D eigenvalue weighted by molar-refractivity contribution is 4.97. The quantitative estimate of drug-likeness (QED) is 0.802. The van der Waals surface area contributed by atoms with E-state index in [9.17, 15) is 0 Å².